The Balaban J connectivity index is 2.39. The molecular formula is C15H14ClF2NO. The van der Waals surface area contributed by atoms with Crippen LogP contribution in [0.15, 0.2) is 42.5 Å². The Bertz CT molecular complexity index is 592. The van der Waals surface area contributed by atoms with Crippen molar-refractivity contribution in [1.82, 2.24) is 0 Å². The van der Waals surface area contributed by atoms with Gasteiger partial charge in [-0.3, -0.25) is 0 Å². The molecule has 0 aliphatic rings. The maximum atomic E-state index is 13.8. The van der Waals surface area contributed by atoms with Gasteiger partial charge in [-0.2, -0.15) is 0 Å². The van der Waals surface area contributed by atoms with Gasteiger partial charge in [-0.05, 0) is 17.7 Å². The van der Waals surface area contributed by atoms with Crippen LogP contribution in [0.25, 0.3) is 0 Å². The maximum absolute atomic E-state index is 13.8. The first kappa shape index (κ1) is 14.9. The quantitative estimate of drug-likeness (QED) is 0.850. The van der Waals surface area contributed by atoms with Crippen LogP contribution in [0.1, 0.15) is 23.1 Å². The fourth-order valence-corrected chi connectivity index (χ4v) is 2.28. The zero-order valence-electron chi connectivity index (χ0n) is 10.6. The second-order valence-corrected chi connectivity index (χ2v) is 4.89. The Morgan fingerprint density at radius 3 is 2.35 bits per heavy atom. The van der Waals surface area contributed by atoms with Crippen LogP contribution >= 0.6 is 11.6 Å². The number of rotatable bonds is 4. The number of nitrogens with two attached hydrogens (primary N) is 1. The topological polar surface area (TPSA) is 46.2 Å². The number of aliphatic hydroxyl groups is 1. The molecule has 0 saturated heterocycles. The highest BCUT2D eigenvalue weighted by molar-refractivity contribution is 6.30. The van der Waals surface area contributed by atoms with Crippen LogP contribution in [0.3, 0.4) is 0 Å². The third-order valence-corrected chi connectivity index (χ3v) is 3.51. The van der Waals surface area contributed by atoms with Crippen molar-refractivity contribution in [2.75, 3.05) is 6.54 Å². The van der Waals surface area contributed by atoms with E-state index in [0.29, 0.717) is 0 Å². The lowest BCUT2D eigenvalue weighted by Gasteiger charge is -2.23. The Kier molecular flexibility index (Phi) is 4.70. The summed E-state index contributed by atoms with van der Waals surface area (Å²) in [7, 11) is 0. The smallest absolute Gasteiger partial charge is 0.142 e. The Hall–Kier alpha value is -1.49. The van der Waals surface area contributed by atoms with Gasteiger partial charge in [0.05, 0.1) is 11.1 Å². The fraction of sp³-hybridized carbons (Fsp3) is 0.200. The molecule has 3 N–H and O–H groups in total. The summed E-state index contributed by atoms with van der Waals surface area (Å²) in [5.74, 6) is -2.05. The number of aliphatic hydroxyl groups excluding tert-OH is 1. The second-order valence-electron chi connectivity index (χ2n) is 4.49. The molecule has 0 aliphatic heterocycles. The maximum Gasteiger partial charge on any atom is 0.142 e. The van der Waals surface area contributed by atoms with Crippen LogP contribution in [0, 0.1) is 11.6 Å². The first-order valence-corrected chi connectivity index (χ1v) is 6.50. The van der Waals surface area contributed by atoms with E-state index in [9.17, 15) is 13.9 Å². The SMILES string of the molecule is NCC(c1ccccc1)C(O)c1cc(F)c(Cl)cc1F. The molecule has 2 unspecified atom stereocenters. The van der Waals surface area contributed by atoms with E-state index < -0.39 is 23.7 Å². The van der Waals surface area contributed by atoms with E-state index in [4.69, 9.17) is 17.3 Å². The molecule has 0 heterocycles. The molecule has 0 radical (unpaired) electrons. The first-order chi connectivity index (χ1) is 9.54. The van der Waals surface area contributed by atoms with Gasteiger partial charge in [-0.15, -0.1) is 0 Å². The summed E-state index contributed by atoms with van der Waals surface area (Å²) in [6.07, 6.45) is -1.24. The fourth-order valence-electron chi connectivity index (χ4n) is 2.13. The molecule has 0 bridgehead atoms. The van der Waals surface area contributed by atoms with E-state index in [1.54, 1.807) is 24.3 Å². The van der Waals surface area contributed by atoms with E-state index in [-0.39, 0.29) is 17.1 Å². The molecule has 0 aliphatic carbocycles. The van der Waals surface area contributed by atoms with Gasteiger partial charge >= 0.3 is 0 Å². The summed E-state index contributed by atoms with van der Waals surface area (Å²) in [6.45, 7) is 0.106. The lowest BCUT2D eigenvalue weighted by molar-refractivity contribution is 0.142. The van der Waals surface area contributed by atoms with Gasteiger partial charge in [0, 0.05) is 18.0 Å². The molecule has 5 heteroatoms. The van der Waals surface area contributed by atoms with Gasteiger partial charge < -0.3 is 10.8 Å². The van der Waals surface area contributed by atoms with Crippen LogP contribution in [0.2, 0.25) is 5.02 Å². The molecule has 2 aromatic carbocycles. The average Bonchev–Trinajstić information content (AvgIpc) is 2.44. The molecule has 0 fully saturated rings. The summed E-state index contributed by atoms with van der Waals surface area (Å²) in [4.78, 5) is 0. The van der Waals surface area contributed by atoms with E-state index in [1.165, 1.54) is 0 Å². The lowest BCUT2D eigenvalue weighted by atomic mass is 9.89. The molecule has 0 amide bonds. The normalized spacial score (nSPS) is 14.1. The third-order valence-electron chi connectivity index (χ3n) is 3.22. The van der Waals surface area contributed by atoms with Crippen molar-refractivity contribution in [1.29, 1.82) is 0 Å². The minimum Gasteiger partial charge on any atom is -0.388 e. The highest BCUT2D eigenvalue weighted by Gasteiger charge is 2.25. The van der Waals surface area contributed by atoms with Gasteiger partial charge in [0.2, 0.25) is 0 Å². The van der Waals surface area contributed by atoms with Crippen LogP contribution in [0.5, 0.6) is 0 Å². The second kappa shape index (κ2) is 6.31. The molecule has 2 rings (SSSR count). The van der Waals surface area contributed by atoms with Crippen molar-refractivity contribution >= 4 is 11.6 Å². The van der Waals surface area contributed by atoms with Gasteiger partial charge in [0.15, 0.2) is 0 Å². The molecule has 20 heavy (non-hydrogen) atoms. The minimum absolute atomic E-state index is 0.106. The van der Waals surface area contributed by atoms with Crippen molar-refractivity contribution in [3.63, 3.8) is 0 Å². The zero-order chi connectivity index (χ0) is 14.7. The lowest BCUT2D eigenvalue weighted by Crippen LogP contribution is -2.21. The molecule has 2 atom stereocenters. The van der Waals surface area contributed by atoms with Crippen LogP contribution < -0.4 is 5.73 Å². The molecular weight excluding hydrogens is 284 g/mol. The summed E-state index contributed by atoms with van der Waals surface area (Å²) in [5.41, 5.74) is 6.27. The van der Waals surface area contributed by atoms with E-state index in [0.717, 1.165) is 17.7 Å². The Morgan fingerprint density at radius 2 is 1.75 bits per heavy atom. The van der Waals surface area contributed by atoms with E-state index in [2.05, 4.69) is 0 Å². The Labute approximate surface area is 120 Å². The monoisotopic (exact) mass is 297 g/mol. The third kappa shape index (κ3) is 2.98. The number of hydrogen-bond acceptors (Lipinski definition) is 2. The highest BCUT2D eigenvalue weighted by Crippen LogP contribution is 2.33. The molecule has 0 spiro atoms. The molecule has 2 aromatic rings. The van der Waals surface area contributed by atoms with Gasteiger partial charge in [-0.1, -0.05) is 41.9 Å². The Morgan fingerprint density at radius 1 is 1.10 bits per heavy atom. The predicted molar refractivity (Wildman–Crippen MR) is 74.6 cm³/mol. The van der Waals surface area contributed by atoms with Crippen LogP contribution in [-0.2, 0) is 0 Å². The van der Waals surface area contributed by atoms with Crippen molar-refractivity contribution in [2.24, 2.45) is 5.73 Å². The number of benzene rings is 2. The molecule has 2 nitrogen and oxygen atoms in total. The summed E-state index contributed by atoms with van der Waals surface area (Å²) in [6, 6.07) is 10.7. The molecule has 0 aromatic heterocycles. The number of hydrogen-bond donors (Lipinski definition) is 2. The molecule has 106 valence electrons. The largest absolute Gasteiger partial charge is 0.388 e. The highest BCUT2D eigenvalue weighted by atomic mass is 35.5. The van der Waals surface area contributed by atoms with Gasteiger partial charge in [0.1, 0.15) is 11.6 Å². The van der Waals surface area contributed by atoms with Gasteiger partial charge in [-0.25, -0.2) is 8.78 Å². The number of halogens is 3. The predicted octanol–water partition coefficient (Wildman–Crippen LogP) is 3.39. The molecule has 0 saturated carbocycles. The summed E-state index contributed by atoms with van der Waals surface area (Å²) < 4.78 is 27.3. The van der Waals surface area contributed by atoms with Crippen molar-refractivity contribution in [2.45, 2.75) is 12.0 Å². The van der Waals surface area contributed by atoms with Crippen molar-refractivity contribution in [3.8, 4) is 0 Å². The van der Waals surface area contributed by atoms with Crippen LogP contribution in [0.4, 0.5) is 8.78 Å². The average molecular weight is 298 g/mol. The summed E-state index contributed by atoms with van der Waals surface area (Å²) >= 11 is 5.50. The summed E-state index contributed by atoms with van der Waals surface area (Å²) in [5, 5.41) is 9.98. The standard InChI is InChI=1S/C15H14ClF2NO/c16-12-7-13(17)10(6-14(12)18)15(20)11(8-19)9-4-2-1-3-5-9/h1-7,11,15,20H,8,19H2. The van der Waals surface area contributed by atoms with E-state index in [1.807, 2.05) is 6.07 Å². The van der Waals surface area contributed by atoms with Crippen LogP contribution in [-0.4, -0.2) is 11.7 Å². The minimum atomic E-state index is -1.24. The van der Waals surface area contributed by atoms with E-state index >= 15 is 0 Å². The van der Waals surface area contributed by atoms with Crippen molar-refractivity contribution < 1.29 is 13.9 Å². The van der Waals surface area contributed by atoms with Crippen molar-refractivity contribution in [3.05, 3.63) is 70.2 Å². The van der Waals surface area contributed by atoms with Gasteiger partial charge in [0.25, 0.3) is 0 Å². The first-order valence-electron chi connectivity index (χ1n) is 6.12. The zero-order valence-corrected chi connectivity index (χ0v) is 11.3.